The average molecular weight is 410 g/mol. The van der Waals surface area contributed by atoms with Gasteiger partial charge in [-0.25, -0.2) is 9.59 Å². The van der Waals surface area contributed by atoms with Gasteiger partial charge in [-0.05, 0) is 87.1 Å². The van der Waals surface area contributed by atoms with Gasteiger partial charge in [-0.1, -0.05) is 0 Å². The molecule has 0 atom stereocenters. The van der Waals surface area contributed by atoms with E-state index in [2.05, 4.69) is 0 Å². The van der Waals surface area contributed by atoms with Crippen LogP contribution in [0.15, 0.2) is 48.5 Å². The molecule has 6 heteroatoms. The number of benzene rings is 2. The van der Waals surface area contributed by atoms with Crippen LogP contribution in [0, 0.1) is 0 Å². The van der Waals surface area contributed by atoms with Gasteiger partial charge in [0.15, 0.2) is 0 Å². The highest BCUT2D eigenvalue weighted by molar-refractivity contribution is 5.90. The molecule has 5 rings (SSSR count). The van der Waals surface area contributed by atoms with Gasteiger partial charge in [-0.2, -0.15) is 0 Å². The number of hydrogen-bond donors (Lipinski definition) is 0. The molecule has 0 aliphatic heterocycles. The Morgan fingerprint density at radius 1 is 0.600 bits per heavy atom. The van der Waals surface area contributed by atoms with E-state index >= 15 is 0 Å². The number of ether oxygens (including phenoxy) is 4. The predicted molar refractivity (Wildman–Crippen MR) is 110 cm³/mol. The molecule has 3 fully saturated rings. The molecule has 0 heterocycles. The van der Waals surface area contributed by atoms with Gasteiger partial charge in [-0.15, -0.1) is 0 Å². The minimum atomic E-state index is -0.467. The Morgan fingerprint density at radius 3 is 1.17 bits per heavy atom. The Labute approximate surface area is 176 Å². The summed E-state index contributed by atoms with van der Waals surface area (Å²) < 4.78 is 22.2. The molecule has 0 amide bonds. The largest absolute Gasteiger partial charge is 0.497 e. The lowest BCUT2D eigenvalue weighted by atomic mass is 9.65. The van der Waals surface area contributed by atoms with Crippen LogP contribution in [0.2, 0.25) is 0 Å². The maximum absolute atomic E-state index is 12.6. The molecular formula is C24H26O6. The molecule has 0 saturated heterocycles. The number of carbonyl (C=O) groups excluding carboxylic acids is 2. The van der Waals surface area contributed by atoms with E-state index in [1.165, 1.54) is 0 Å². The van der Waals surface area contributed by atoms with Crippen LogP contribution in [0.25, 0.3) is 0 Å². The zero-order valence-electron chi connectivity index (χ0n) is 17.3. The van der Waals surface area contributed by atoms with E-state index in [0.717, 1.165) is 0 Å². The number of carbonyl (C=O) groups is 2. The van der Waals surface area contributed by atoms with Gasteiger partial charge in [0.25, 0.3) is 0 Å². The van der Waals surface area contributed by atoms with Gasteiger partial charge in [0.05, 0.1) is 25.3 Å². The van der Waals surface area contributed by atoms with Crippen molar-refractivity contribution >= 4 is 11.9 Å². The van der Waals surface area contributed by atoms with Crippen molar-refractivity contribution in [2.75, 3.05) is 14.2 Å². The summed E-state index contributed by atoms with van der Waals surface area (Å²) in [5, 5.41) is 0. The monoisotopic (exact) mass is 410 g/mol. The van der Waals surface area contributed by atoms with Gasteiger partial charge in [0, 0.05) is 0 Å². The Bertz CT molecular complexity index is 814. The smallest absolute Gasteiger partial charge is 0.338 e. The molecule has 2 aromatic rings. The molecule has 3 aliphatic rings. The maximum Gasteiger partial charge on any atom is 0.338 e. The summed E-state index contributed by atoms with van der Waals surface area (Å²) in [6.07, 6.45) is 4.20. The average Bonchev–Trinajstić information content (AvgIpc) is 2.80. The maximum atomic E-state index is 12.6. The first-order valence-electron chi connectivity index (χ1n) is 10.2. The summed E-state index contributed by atoms with van der Waals surface area (Å²) in [6.45, 7) is 0. The van der Waals surface area contributed by atoms with E-state index in [1.807, 2.05) is 0 Å². The molecule has 0 spiro atoms. The molecule has 3 saturated carbocycles. The third-order valence-corrected chi connectivity index (χ3v) is 6.38. The third-order valence-electron chi connectivity index (χ3n) is 6.38. The van der Waals surface area contributed by atoms with Crippen molar-refractivity contribution in [2.24, 2.45) is 0 Å². The van der Waals surface area contributed by atoms with E-state index in [1.54, 1.807) is 62.8 Å². The van der Waals surface area contributed by atoms with E-state index in [9.17, 15) is 9.59 Å². The highest BCUT2D eigenvalue weighted by atomic mass is 16.6. The van der Waals surface area contributed by atoms with Crippen molar-refractivity contribution in [3.8, 4) is 11.5 Å². The molecule has 158 valence electrons. The molecule has 0 aromatic heterocycles. The fraction of sp³-hybridized carbons (Fsp3) is 0.417. The van der Waals surface area contributed by atoms with Gasteiger partial charge in [0.2, 0.25) is 0 Å². The first-order valence-corrected chi connectivity index (χ1v) is 10.2. The van der Waals surface area contributed by atoms with Gasteiger partial charge < -0.3 is 18.9 Å². The Hall–Kier alpha value is -3.02. The zero-order chi connectivity index (χ0) is 21.2. The molecule has 2 aromatic carbocycles. The van der Waals surface area contributed by atoms with E-state index in [4.69, 9.17) is 18.9 Å². The summed E-state index contributed by atoms with van der Waals surface area (Å²) in [6, 6.07) is 13.8. The first kappa shape index (κ1) is 20.3. The normalized spacial score (nSPS) is 24.7. The molecule has 0 N–H and O–H groups in total. The zero-order valence-corrected chi connectivity index (χ0v) is 17.3. The number of rotatable bonds is 6. The van der Waals surface area contributed by atoms with Crippen LogP contribution in [0.3, 0.4) is 0 Å². The third kappa shape index (κ3) is 3.99. The van der Waals surface area contributed by atoms with Crippen molar-refractivity contribution in [1.29, 1.82) is 0 Å². The van der Waals surface area contributed by atoms with Crippen LogP contribution >= 0.6 is 0 Å². The summed E-state index contributed by atoms with van der Waals surface area (Å²) in [5.74, 6) is 0.761. The van der Waals surface area contributed by atoms with Crippen LogP contribution in [0.1, 0.15) is 59.2 Å². The van der Waals surface area contributed by atoms with Gasteiger partial charge in [0.1, 0.15) is 22.7 Å². The Balaban J connectivity index is 1.37. The minimum Gasteiger partial charge on any atom is -0.497 e. The quantitative estimate of drug-likeness (QED) is 0.650. The van der Waals surface area contributed by atoms with Crippen molar-refractivity contribution in [3.63, 3.8) is 0 Å². The standard InChI is InChI=1S/C24H26O6/c1-27-19-7-3-17(4-8-19)21(25)29-23-11-14-24(15-12-23,16-13-23)30-22(26)18-5-9-20(28-2)10-6-18/h3-10H,11-16H2,1-2H3. The molecule has 0 unspecified atom stereocenters. The van der Waals surface area contributed by atoms with Gasteiger partial charge in [-0.3, -0.25) is 0 Å². The second-order valence-electron chi connectivity index (χ2n) is 8.10. The van der Waals surface area contributed by atoms with Crippen LogP contribution < -0.4 is 9.47 Å². The number of methoxy groups -OCH3 is 2. The first-order chi connectivity index (χ1) is 14.5. The summed E-state index contributed by atoms with van der Waals surface area (Å²) in [7, 11) is 3.17. The number of esters is 2. The molecular weight excluding hydrogens is 384 g/mol. The van der Waals surface area contributed by atoms with Crippen LogP contribution in [-0.2, 0) is 9.47 Å². The SMILES string of the molecule is COc1ccc(C(=O)OC23CCC(OC(=O)c4ccc(OC)cc4)(CC2)CC3)cc1. The highest BCUT2D eigenvalue weighted by Gasteiger charge is 2.53. The van der Waals surface area contributed by atoms with Gasteiger partial charge >= 0.3 is 11.9 Å². The van der Waals surface area contributed by atoms with Crippen LogP contribution in [0.4, 0.5) is 0 Å². The predicted octanol–water partition coefficient (Wildman–Crippen LogP) is 4.56. The highest BCUT2D eigenvalue weighted by Crippen LogP contribution is 2.51. The van der Waals surface area contributed by atoms with Crippen molar-refractivity contribution in [1.82, 2.24) is 0 Å². The van der Waals surface area contributed by atoms with Crippen molar-refractivity contribution < 1.29 is 28.5 Å². The lowest BCUT2D eigenvalue weighted by Crippen LogP contribution is -2.53. The van der Waals surface area contributed by atoms with Crippen LogP contribution in [-0.4, -0.2) is 37.4 Å². The molecule has 30 heavy (non-hydrogen) atoms. The molecule has 3 aliphatic carbocycles. The summed E-state index contributed by atoms with van der Waals surface area (Å²) >= 11 is 0. The minimum absolute atomic E-state index is 0.317. The van der Waals surface area contributed by atoms with E-state index in [0.29, 0.717) is 61.2 Å². The fourth-order valence-corrected chi connectivity index (χ4v) is 4.39. The molecule has 2 bridgehead atoms. The molecule has 0 radical (unpaired) electrons. The topological polar surface area (TPSA) is 71.1 Å². The number of hydrogen-bond acceptors (Lipinski definition) is 6. The lowest BCUT2D eigenvalue weighted by Gasteiger charge is -2.51. The second-order valence-corrected chi connectivity index (χ2v) is 8.10. The van der Waals surface area contributed by atoms with E-state index in [-0.39, 0.29) is 11.9 Å². The lowest BCUT2D eigenvalue weighted by molar-refractivity contribution is -0.145. The summed E-state index contributed by atoms with van der Waals surface area (Å²) in [5.41, 5.74) is 0.0911. The second kappa shape index (κ2) is 8.01. The van der Waals surface area contributed by atoms with Crippen molar-refractivity contribution in [3.05, 3.63) is 59.7 Å². The van der Waals surface area contributed by atoms with Crippen molar-refractivity contribution in [2.45, 2.75) is 49.7 Å². The summed E-state index contributed by atoms with van der Waals surface area (Å²) in [4.78, 5) is 25.3. The van der Waals surface area contributed by atoms with Crippen LogP contribution in [0.5, 0.6) is 11.5 Å². The molecule has 6 nitrogen and oxygen atoms in total. The van der Waals surface area contributed by atoms with E-state index < -0.39 is 11.2 Å². The fourth-order valence-electron chi connectivity index (χ4n) is 4.39. The Morgan fingerprint density at radius 2 is 0.900 bits per heavy atom. The number of fused-ring (bicyclic) bond motifs is 3. The Kier molecular flexibility index (Phi) is 5.41.